The number of nitrogens with one attached hydrogen (secondary N) is 2. The number of piperidine rings is 1. The molecule has 3 amide bonds. The van der Waals surface area contributed by atoms with Gasteiger partial charge in [-0.1, -0.05) is 12.1 Å². The lowest BCUT2D eigenvalue weighted by molar-refractivity contribution is 0.0918. The first-order chi connectivity index (χ1) is 13.4. The number of aromatic nitrogens is 2. The number of halogens is 2. The normalized spacial score (nSPS) is 14.8. The van der Waals surface area contributed by atoms with Gasteiger partial charge in [0.05, 0.1) is 11.8 Å². The quantitative estimate of drug-likeness (QED) is 0.816. The van der Waals surface area contributed by atoms with Crippen LogP contribution in [-0.4, -0.2) is 52.3 Å². The van der Waals surface area contributed by atoms with Gasteiger partial charge in [0, 0.05) is 38.9 Å². The van der Waals surface area contributed by atoms with Crippen molar-refractivity contribution in [1.82, 2.24) is 25.3 Å². The third kappa shape index (κ3) is 4.85. The molecule has 1 aromatic heterocycles. The van der Waals surface area contributed by atoms with Gasteiger partial charge in [-0.3, -0.25) is 9.48 Å². The maximum absolute atomic E-state index is 13.6. The highest BCUT2D eigenvalue weighted by Gasteiger charge is 2.24. The molecule has 1 saturated heterocycles. The molecular formula is C19H23F2N5O2. The predicted octanol–water partition coefficient (Wildman–Crippen LogP) is 1.84. The van der Waals surface area contributed by atoms with Crippen molar-refractivity contribution in [2.75, 3.05) is 19.6 Å². The Morgan fingerprint density at radius 3 is 2.68 bits per heavy atom. The van der Waals surface area contributed by atoms with Gasteiger partial charge in [0.1, 0.15) is 0 Å². The highest BCUT2D eigenvalue weighted by Crippen LogP contribution is 2.13. The van der Waals surface area contributed by atoms with E-state index in [-0.39, 0.29) is 36.5 Å². The molecule has 1 aliphatic heterocycles. The minimum atomic E-state index is -0.890. The van der Waals surface area contributed by atoms with E-state index in [0.29, 0.717) is 31.5 Å². The number of carbonyl (C=O) groups excluding carboxylic acids is 2. The van der Waals surface area contributed by atoms with Gasteiger partial charge >= 0.3 is 6.03 Å². The van der Waals surface area contributed by atoms with Crippen LogP contribution in [-0.2, 0) is 13.5 Å². The van der Waals surface area contributed by atoms with Gasteiger partial charge in [0.2, 0.25) is 0 Å². The van der Waals surface area contributed by atoms with Crippen LogP contribution in [0.1, 0.15) is 28.8 Å². The van der Waals surface area contributed by atoms with E-state index < -0.39 is 11.6 Å². The summed E-state index contributed by atoms with van der Waals surface area (Å²) in [7, 11) is 1.75. The first-order valence-corrected chi connectivity index (χ1v) is 9.19. The molecule has 0 radical (unpaired) electrons. The van der Waals surface area contributed by atoms with Gasteiger partial charge in [-0.2, -0.15) is 5.10 Å². The molecule has 1 aromatic carbocycles. The van der Waals surface area contributed by atoms with E-state index in [4.69, 9.17) is 0 Å². The molecule has 1 aliphatic rings. The summed E-state index contributed by atoms with van der Waals surface area (Å²) in [4.78, 5) is 26.1. The van der Waals surface area contributed by atoms with Crippen molar-refractivity contribution >= 4 is 11.9 Å². The number of hydrogen-bond acceptors (Lipinski definition) is 3. The first kappa shape index (κ1) is 19.8. The fraction of sp³-hybridized carbons (Fsp3) is 0.421. The summed E-state index contributed by atoms with van der Waals surface area (Å²) in [6, 6.07) is 3.77. The molecule has 9 heteroatoms. The number of amides is 3. The number of urea groups is 1. The minimum absolute atomic E-state index is 0.00172. The van der Waals surface area contributed by atoms with Crippen molar-refractivity contribution < 1.29 is 18.4 Å². The minimum Gasteiger partial charge on any atom is -0.349 e. The molecule has 0 bridgehead atoms. The summed E-state index contributed by atoms with van der Waals surface area (Å²) in [5, 5.41) is 9.66. The molecule has 7 nitrogen and oxygen atoms in total. The molecule has 0 spiro atoms. The fourth-order valence-corrected chi connectivity index (χ4v) is 3.19. The number of carbonyl (C=O) groups is 2. The fourth-order valence-electron chi connectivity index (χ4n) is 3.19. The Kier molecular flexibility index (Phi) is 6.23. The number of rotatable bonds is 5. The van der Waals surface area contributed by atoms with Gasteiger partial charge in [-0.15, -0.1) is 0 Å². The Bertz CT molecular complexity index is 847. The highest BCUT2D eigenvalue weighted by atomic mass is 19.2. The third-order valence-electron chi connectivity index (χ3n) is 4.79. The lowest BCUT2D eigenvalue weighted by Gasteiger charge is -2.32. The van der Waals surface area contributed by atoms with Crippen LogP contribution in [0.3, 0.4) is 0 Å². The lowest BCUT2D eigenvalue weighted by atomic mass is 10.0. The highest BCUT2D eigenvalue weighted by molar-refractivity contribution is 5.93. The van der Waals surface area contributed by atoms with Crippen molar-refractivity contribution in [2.45, 2.75) is 25.3 Å². The van der Waals surface area contributed by atoms with E-state index in [9.17, 15) is 18.4 Å². The van der Waals surface area contributed by atoms with Gasteiger partial charge in [-0.05, 0) is 30.9 Å². The molecule has 2 heterocycles. The summed E-state index contributed by atoms with van der Waals surface area (Å²) in [5.41, 5.74) is 0.740. The summed E-state index contributed by atoms with van der Waals surface area (Å²) >= 11 is 0. The predicted molar refractivity (Wildman–Crippen MR) is 98.7 cm³/mol. The summed E-state index contributed by atoms with van der Waals surface area (Å²) in [6.45, 7) is 1.24. The van der Waals surface area contributed by atoms with Crippen molar-refractivity contribution in [2.24, 2.45) is 7.05 Å². The maximum Gasteiger partial charge on any atom is 0.317 e. The number of aryl methyl sites for hydroxylation is 1. The van der Waals surface area contributed by atoms with Crippen LogP contribution in [0.25, 0.3) is 0 Å². The first-order valence-electron chi connectivity index (χ1n) is 9.19. The van der Waals surface area contributed by atoms with Crippen LogP contribution in [0.5, 0.6) is 0 Å². The van der Waals surface area contributed by atoms with E-state index >= 15 is 0 Å². The largest absolute Gasteiger partial charge is 0.349 e. The molecule has 28 heavy (non-hydrogen) atoms. The number of nitrogens with zero attached hydrogens (tertiary/aromatic N) is 3. The van der Waals surface area contributed by atoms with E-state index in [1.54, 1.807) is 22.8 Å². The van der Waals surface area contributed by atoms with Gasteiger partial charge in [-0.25, -0.2) is 13.6 Å². The number of hydrogen-bond donors (Lipinski definition) is 2. The summed E-state index contributed by atoms with van der Waals surface area (Å²) in [5.74, 6) is -1.94. The molecular weight excluding hydrogens is 368 g/mol. The Morgan fingerprint density at radius 2 is 2.00 bits per heavy atom. The Labute approximate surface area is 161 Å². The molecule has 2 aromatic rings. The smallest absolute Gasteiger partial charge is 0.317 e. The van der Waals surface area contributed by atoms with Crippen molar-refractivity contribution in [3.8, 4) is 0 Å². The van der Waals surface area contributed by atoms with E-state index in [0.717, 1.165) is 6.07 Å². The average molecular weight is 391 g/mol. The summed E-state index contributed by atoms with van der Waals surface area (Å²) < 4.78 is 28.4. The SMILES string of the molecule is Cn1cc(C(=O)NC2CCN(C(=O)NCCc3cccc(F)c3F)CC2)cn1. The molecule has 150 valence electrons. The molecule has 0 aliphatic carbocycles. The van der Waals surface area contributed by atoms with Crippen molar-refractivity contribution in [3.63, 3.8) is 0 Å². The van der Waals surface area contributed by atoms with Crippen molar-refractivity contribution in [1.29, 1.82) is 0 Å². The van der Waals surface area contributed by atoms with E-state index in [2.05, 4.69) is 15.7 Å². The second kappa shape index (κ2) is 8.81. The van der Waals surface area contributed by atoms with E-state index in [1.807, 2.05) is 0 Å². The van der Waals surface area contributed by atoms with Gasteiger partial charge in [0.15, 0.2) is 11.6 Å². The lowest BCUT2D eigenvalue weighted by Crippen LogP contribution is -2.49. The Balaban J connectivity index is 1.40. The van der Waals surface area contributed by atoms with Crippen LogP contribution in [0.15, 0.2) is 30.6 Å². The Morgan fingerprint density at radius 1 is 1.25 bits per heavy atom. The average Bonchev–Trinajstić information content (AvgIpc) is 3.12. The maximum atomic E-state index is 13.6. The number of benzene rings is 1. The van der Waals surface area contributed by atoms with Crippen LogP contribution in [0.2, 0.25) is 0 Å². The zero-order chi connectivity index (χ0) is 20.1. The zero-order valence-electron chi connectivity index (χ0n) is 15.6. The van der Waals surface area contributed by atoms with Crippen LogP contribution in [0, 0.1) is 11.6 Å². The molecule has 0 saturated carbocycles. The molecule has 3 rings (SSSR count). The second-order valence-corrected chi connectivity index (χ2v) is 6.83. The van der Waals surface area contributed by atoms with Gasteiger partial charge < -0.3 is 15.5 Å². The molecule has 0 unspecified atom stereocenters. The monoisotopic (exact) mass is 391 g/mol. The molecule has 1 fully saturated rings. The number of likely N-dealkylation sites (tertiary alicyclic amines) is 1. The summed E-state index contributed by atoms with van der Waals surface area (Å²) in [6.07, 6.45) is 4.68. The zero-order valence-corrected chi connectivity index (χ0v) is 15.6. The van der Waals surface area contributed by atoms with E-state index in [1.165, 1.54) is 18.3 Å². The van der Waals surface area contributed by atoms with Crippen LogP contribution >= 0.6 is 0 Å². The van der Waals surface area contributed by atoms with Crippen molar-refractivity contribution in [3.05, 3.63) is 53.4 Å². The standard InChI is InChI=1S/C19H23F2N5O2/c1-25-12-14(11-23-25)18(27)24-15-6-9-26(10-7-15)19(28)22-8-5-13-3-2-4-16(20)17(13)21/h2-4,11-12,15H,5-10H2,1H3,(H,22,28)(H,24,27). The van der Waals surface area contributed by atoms with Crippen LogP contribution < -0.4 is 10.6 Å². The molecule has 2 N–H and O–H groups in total. The Hall–Kier alpha value is -2.97. The topological polar surface area (TPSA) is 79.3 Å². The third-order valence-corrected chi connectivity index (χ3v) is 4.79. The molecule has 0 atom stereocenters. The van der Waals surface area contributed by atoms with Gasteiger partial charge in [0.25, 0.3) is 5.91 Å². The second-order valence-electron chi connectivity index (χ2n) is 6.83. The van der Waals surface area contributed by atoms with Crippen LogP contribution in [0.4, 0.5) is 13.6 Å².